The second kappa shape index (κ2) is 12.2. The van der Waals surface area contributed by atoms with Crippen molar-refractivity contribution in [1.82, 2.24) is 0 Å². The van der Waals surface area contributed by atoms with Crippen LogP contribution in [0.5, 0.6) is 0 Å². The highest BCUT2D eigenvalue weighted by molar-refractivity contribution is 7.78. The molecule has 216 valence electrons. The summed E-state index contributed by atoms with van der Waals surface area (Å²) in [6.07, 6.45) is -20.9. The van der Waals surface area contributed by atoms with Gasteiger partial charge in [0.25, 0.3) is 0 Å². The number of rotatable bonds is 12. The second-order valence-corrected chi connectivity index (χ2v) is 12.8. The van der Waals surface area contributed by atoms with E-state index in [9.17, 15) is 52.7 Å². The zero-order valence-corrected chi connectivity index (χ0v) is 20.6. The van der Waals surface area contributed by atoms with Gasteiger partial charge in [0.05, 0.1) is 13.2 Å². The Labute approximate surface area is 195 Å². The summed E-state index contributed by atoms with van der Waals surface area (Å²) in [4.78, 5) is 0. The first-order valence-corrected chi connectivity index (χ1v) is 13.7. The summed E-state index contributed by atoms with van der Waals surface area (Å²) in [6.45, 7) is -8.61. The van der Waals surface area contributed by atoms with Crippen LogP contribution < -0.4 is 0 Å². The Balaban J connectivity index is 3.95. The van der Waals surface area contributed by atoms with Crippen LogP contribution >= 0.6 is 23.0 Å². The molecule has 36 heavy (non-hydrogen) atoms. The molecule has 1 aliphatic rings. The molecular formula is C12H18F12N3O6P3. The van der Waals surface area contributed by atoms with Crippen LogP contribution in [0.2, 0.25) is 0 Å². The van der Waals surface area contributed by atoms with Crippen LogP contribution in [-0.4, -0.2) is 64.3 Å². The van der Waals surface area contributed by atoms with Gasteiger partial charge in [-0.15, -0.1) is 13.5 Å². The molecule has 0 fully saturated rings. The van der Waals surface area contributed by atoms with Crippen LogP contribution in [0.15, 0.2) is 13.5 Å². The zero-order chi connectivity index (χ0) is 28.1. The lowest BCUT2D eigenvalue weighted by Crippen LogP contribution is -2.21. The standard InChI is InChI=1S/C12H18F12N3O6P3/c1-3-28-34(30-5-9(13,14)15)25-35(29-4-2,31-6-10(16,17)18)27-36(26-34,32-7-11(19,20)21)33-8-12(22,23)24/h3-8H2,1-2H3. The summed E-state index contributed by atoms with van der Waals surface area (Å²) < 4.78 is 192. The van der Waals surface area contributed by atoms with Gasteiger partial charge in [-0.3, -0.25) is 18.1 Å². The fraction of sp³-hybridized carbons (Fsp3) is 1.00. The maximum Gasteiger partial charge on any atom is 0.412 e. The highest BCUT2D eigenvalue weighted by atomic mass is 31.3. The van der Waals surface area contributed by atoms with Gasteiger partial charge in [-0.25, -0.2) is 0 Å². The Morgan fingerprint density at radius 3 is 0.778 bits per heavy atom. The monoisotopic (exact) mass is 621 g/mol. The van der Waals surface area contributed by atoms with Crippen molar-refractivity contribution in [3.05, 3.63) is 0 Å². The maximum atomic E-state index is 12.8. The van der Waals surface area contributed by atoms with Gasteiger partial charge >= 0.3 is 47.7 Å². The molecule has 0 amide bonds. The normalized spacial score (nSPS) is 25.2. The van der Waals surface area contributed by atoms with E-state index in [0.717, 1.165) is 13.8 Å². The highest BCUT2D eigenvalue weighted by Crippen LogP contribution is 2.81. The number of halogens is 12. The quantitative estimate of drug-likeness (QED) is 0.161. The SMILES string of the molecule is CCOP1(OCC(F)(F)F)=NP(OCC)(OCC(F)(F)F)=NP(OCC(F)(F)F)(OCC(F)(F)F)=N1. The Hall–Kier alpha value is -0.390. The van der Waals surface area contributed by atoms with Crippen LogP contribution in [0.25, 0.3) is 0 Å². The minimum Gasteiger partial charge on any atom is -0.307 e. The van der Waals surface area contributed by atoms with Gasteiger partial charge < -0.3 is 9.05 Å². The largest absolute Gasteiger partial charge is 0.412 e. The highest BCUT2D eigenvalue weighted by Gasteiger charge is 2.48. The van der Waals surface area contributed by atoms with Crippen molar-refractivity contribution in [1.29, 1.82) is 0 Å². The molecule has 2 atom stereocenters. The lowest BCUT2D eigenvalue weighted by Gasteiger charge is -2.33. The van der Waals surface area contributed by atoms with Gasteiger partial charge in [0.1, 0.15) is 0 Å². The van der Waals surface area contributed by atoms with Crippen molar-refractivity contribution in [2.45, 2.75) is 38.6 Å². The maximum absolute atomic E-state index is 12.8. The molecule has 0 aliphatic carbocycles. The second-order valence-electron chi connectivity index (χ2n) is 6.13. The molecule has 0 radical (unpaired) electrons. The van der Waals surface area contributed by atoms with Crippen molar-refractivity contribution < 1.29 is 79.8 Å². The minimum absolute atomic E-state index is 0.678. The summed E-state index contributed by atoms with van der Waals surface area (Å²) in [5.74, 6) is 0. The summed E-state index contributed by atoms with van der Waals surface area (Å²) in [7, 11) is -15.6. The first kappa shape index (κ1) is 33.6. The van der Waals surface area contributed by atoms with Gasteiger partial charge in [0.2, 0.25) is 0 Å². The lowest BCUT2D eigenvalue weighted by molar-refractivity contribution is -0.163. The Morgan fingerprint density at radius 2 is 0.611 bits per heavy atom. The molecule has 9 nitrogen and oxygen atoms in total. The van der Waals surface area contributed by atoms with Crippen LogP contribution in [-0.2, 0) is 27.1 Å². The first-order valence-electron chi connectivity index (χ1n) is 9.12. The number of alkyl halides is 12. The Kier molecular flexibility index (Phi) is 11.4. The fourth-order valence-electron chi connectivity index (χ4n) is 1.87. The molecule has 0 N–H and O–H groups in total. The van der Waals surface area contributed by atoms with E-state index >= 15 is 0 Å². The lowest BCUT2D eigenvalue weighted by atomic mass is 10.7. The third-order valence-electron chi connectivity index (χ3n) is 2.86. The third kappa shape index (κ3) is 12.4. The minimum atomic E-state index is -5.47. The summed E-state index contributed by atoms with van der Waals surface area (Å²) in [5.41, 5.74) is 0. The van der Waals surface area contributed by atoms with Crippen LogP contribution in [0.3, 0.4) is 0 Å². The molecule has 0 aromatic heterocycles. The molecule has 1 heterocycles. The topological polar surface area (TPSA) is 92.5 Å². The van der Waals surface area contributed by atoms with E-state index in [-0.39, 0.29) is 0 Å². The smallest absolute Gasteiger partial charge is 0.307 e. The van der Waals surface area contributed by atoms with Crippen LogP contribution in [0, 0.1) is 0 Å². The Bertz CT molecular complexity index is 852. The molecule has 0 bridgehead atoms. The zero-order valence-electron chi connectivity index (χ0n) is 17.9. The molecule has 0 aromatic rings. The van der Waals surface area contributed by atoms with Crippen molar-refractivity contribution in [3.8, 4) is 0 Å². The molecule has 2 unspecified atom stereocenters. The van der Waals surface area contributed by atoms with E-state index < -0.39 is 87.3 Å². The van der Waals surface area contributed by atoms with Gasteiger partial charge in [-0.1, -0.05) is 0 Å². The predicted molar refractivity (Wildman–Crippen MR) is 99.3 cm³/mol. The molecule has 0 saturated heterocycles. The molecule has 0 aromatic carbocycles. The molecule has 0 saturated carbocycles. The van der Waals surface area contributed by atoms with E-state index in [1.54, 1.807) is 0 Å². The average molecular weight is 621 g/mol. The molecule has 1 aliphatic heterocycles. The molecule has 1 rings (SSSR count). The summed E-state index contributed by atoms with van der Waals surface area (Å²) in [5, 5.41) is 0. The number of hydrogen-bond acceptors (Lipinski definition) is 9. The van der Waals surface area contributed by atoms with Gasteiger partial charge in [0.15, 0.2) is 26.4 Å². The van der Waals surface area contributed by atoms with Gasteiger partial charge in [-0.2, -0.15) is 52.7 Å². The molecule has 24 heteroatoms. The van der Waals surface area contributed by atoms with Crippen LogP contribution in [0.1, 0.15) is 13.8 Å². The van der Waals surface area contributed by atoms with Gasteiger partial charge in [0, 0.05) is 0 Å². The summed E-state index contributed by atoms with van der Waals surface area (Å²) in [6, 6.07) is 0. The number of hydrogen-bond donors (Lipinski definition) is 0. The third-order valence-corrected chi connectivity index (χ3v) is 11.3. The van der Waals surface area contributed by atoms with E-state index in [4.69, 9.17) is 9.05 Å². The van der Waals surface area contributed by atoms with E-state index in [2.05, 4.69) is 31.6 Å². The molecule has 0 spiro atoms. The first-order chi connectivity index (χ1) is 16.1. The van der Waals surface area contributed by atoms with Crippen molar-refractivity contribution in [3.63, 3.8) is 0 Å². The number of nitrogens with zero attached hydrogens (tertiary/aromatic N) is 3. The Morgan fingerprint density at radius 1 is 0.417 bits per heavy atom. The van der Waals surface area contributed by atoms with Crippen LogP contribution in [0.4, 0.5) is 52.7 Å². The molecular weight excluding hydrogens is 603 g/mol. The van der Waals surface area contributed by atoms with Crippen molar-refractivity contribution >= 4 is 23.0 Å². The van der Waals surface area contributed by atoms with E-state index in [1.165, 1.54) is 0 Å². The predicted octanol–water partition coefficient (Wildman–Crippen LogP) is 8.23. The van der Waals surface area contributed by atoms with Gasteiger partial charge in [-0.05, 0) is 13.8 Å². The fourth-order valence-corrected chi connectivity index (χ4v) is 11.3. The summed E-state index contributed by atoms with van der Waals surface area (Å²) >= 11 is 0. The van der Waals surface area contributed by atoms with E-state index in [0.29, 0.717) is 0 Å². The van der Waals surface area contributed by atoms with E-state index in [1.807, 2.05) is 0 Å². The van der Waals surface area contributed by atoms with Crippen molar-refractivity contribution in [2.75, 3.05) is 39.6 Å². The van der Waals surface area contributed by atoms with Crippen molar-refractivity contribution in [2.24, 2.45) is 13.5 Å². The average Bonchev–Trinajstić information content (AvgIpc) is 2.67.